The van der Waals surface area contributed by atoms with Crippen LogP contribution in [0.15, 0.2) is 65.1 Å². The SMILES string of the molecule is O=C(CCCc1nnc(-c2ccccc2)o1)NCCc1ccccc1. The molecule has 3 rings (SSSR count). The van der Waals surface area contributed by atoms with Crippen molar-refractivity contribution >= 4 is 5.91 Å². The predicted octanol–water partition coefficient (Wildman–Crippen LogP) is 3.42. The Hall–Kier alpha value is -2.95. The lowest BCUT2D eigenvalue weighted by Crippen LogP contribution is -2.25. The van der Waals surface area contributed by atoms with Crippen molar-refractivity contribution in [1.82, 2.24) is 15.5 Å². The molecule has 1 N–H and O–H groups in total. The summed E-state index contributed by atoms with van der Waals surface area (Å²) in [4.78, 5) is 11.9. The molecule has 5 nitrogen and oxygen atoms in total. The number of nitrogens with one attached hydrogen (secondary N) is 1. The van der Waals surface area contributed by atoms with Crippen LogP contribution in [0.4, 0.5) is 0 Å². The van der Waals surface area contributed by atoms with Gasteiger partial charge >= 0.3 is 0 Å². The van der Waals surface area contributed by atoms with E-state index in [0.717, 1.165) is 12.0 Å². The first-order valence-corrected chi connectivity index (χ1v) is 8.50. The number of amides is 1. The molecule has 0 bridgehead atoms. The Balaban J connectivity index is 1.36. The minimum Gasteiger partial charge on any atom is -0.421 e. The van der Waals surface area contributed by atoms with Gasteiger partial charge in [-0.2, -0.15) is 0 Å². The van der Waals surface area contributed by atoms with Gasteiger partial charge in [0.25, 0.3) is 0 Å². The van der Waals surface area contributed by atoms with Gasteiger partial charge in [0.2, 0.25) is 17.7 Å². The van der Waals surface area contributed by atoms with Crippen LogP contribution < -0.4 is 5.32 Å². The fourth-order valence-corrected chi connectivity index (χ4v) is 2.53. The van der Waals surface area contributed by atoms with Crippen LogP contribution in [0.1, 0.15) is 24.3 Å². The van der Waals surface area contributed by atoms with E-state index in [1.807, 2.05) is 48.5 Å². The minimum atomic E-state index is 0.0544. The van der Waals surface area contributed by atoms with Gasteiger partial charge < -0.3 is 9.73 Å². The molecule has 0 aliphatic rings. The molecule has 5 heteroatoms. The zero-order chi connectivity index (χ0) is 17.3. The Bertz CT molecular complexity index is 785. The Morgan fingerprint density at radius 2 is 1.64 bits per heavy atom. The Kier molecular flexibility index (Phi) is 5.93. The lowest BCUT2D eigenvalue weighted by molar-refractivity contribution is -0.121. The fourth-order valence-electron chi connectivity index (χ4n) is 2.53. The first kappa shape index (κ1) is 16.9. The van der Waals surface area contributed by atoms with Gasteiger partial charge in [-0.15, -0.1) is 10.2 Å². The quantitative estimate of drug-likeness (QED) is 0.685. The maximum absolute atomic E-state index is 11.9. The summed E-state index contributed by atoms with van der Waals surface area (Å²) in [6, 6.07) is 19.8. The summed E-state index contributed by atoms with van der Waals surface area (Å²) in [6.45, 7) is 0.654. The second kappa shape index (κ2) is 8.78. The number of carbonyl (C=O) groups excluding carboxylic acids is 1. The van der Waals surface area contributed by atoms with E-state index in [4.69, 9.17) is 4.42 Å². The topological polar surface area (TPSA) is 68.0 Å². The third-order valence-electron chi connectivity index (χ3n) is 3.86. The summed E-state index contributed by atoms with van der Waals surface area (Å²) in [5.41, 5.74) is 2.13. The first-order valence-electron chi connectivity index (χ1n) is 8.50. The molecule has 0 saturated carbocycles. The Morgan fingerprint density at radius 1 is 0.920 bits per heavy atom. The minimum absolute atomic E-state index is 0.0544. The summed E-state index contributed by atoms with van der Waals surface area (Å²) in [5.74, 6) is 1.14. The highest BCUT2D eigenvalue weighted by molar-refractivity contribution is 5.75. The number of carbonyl (C=O) groups is 1. The van der Waals surface area contributed by atoms with Gasteiger partial charge in [-0.05, 0) is 30.5 Å². The lowest BCUT2D eigenvalue weighted by Gasteiger charge is -2.04. The number of aryl methyl sites for hydroxylation is 1. The first-order chi connectivity index (χ1) is 12.3. The smallest absolute Gasteiger partial charge is 0.247 e. The van der Waals surface area contributed by atoms with E-state index in [0.29, 0.717) is 37.6 Å². The average molecular weight is 335 g/mol. The summed E-state index contributed by atoms with van der Waals surface area (Å²) in [6.07, 6.45) is 2.59. The third kappa shape index (κ3) is 5.28. The highest BCUT2D eigenvalue weighted by Gasteiger charge is 2.09. The third-order valence-corrected chi connectivity index (χ3v) is 3.86. The predicted molar refractivity (Wildman–Crippen MR) is 95.8 cm³/mol. The molecule has 0 aliphatic heterocycles. The molecular weight excluding hydrogens is 314 g/mol. The highest BCUT2D eigenvalue weighted by Crippen LogP contribution is 2.17. The number of hydrogen-bond acceptors (Lipinski definition) is 4. The van der Waals surface area contributed by atoms with Crippen molar-refractivity contribution in [2.24, 2.45) is 0 Å². The van der Waals surface area contributed by atoms with E-state index < -0.39 is 0 Å². The maximum atomic E-state index is 11.9. The van der Waals surface area contributed by atoms with Crippen LogP contribution in [0.2, 0.25) is 0 Å². The highest BCUT2D eigenvalue weighted by atomic mass is 16.4. The molecule has 0 atom stereocenters. The monoisotopic (exact) mass is 335 g/mol. The van der Waals surface area contributed by atoms with Gasteiger partial charge in [-0.25, -0.2) is 0 Å². The van der Waals surface area contributed by atoms with Gasteiger partial charge in [0, 0.05) is 24.9 Å². The van der Waals surface area contributed by atoms with Crippen LogP contribution in [0.25, 0.3) is 11.5 Å². The molecule has 0 fully saturated rings. The molecule has 1 amide bonds. The van der Waals surface area contributed by atoms with Crippen molar-refractivity contribution in [1.29, 1.82) is 0 Å². The molecule has 1 aromatic heterocycles. The second-order valence-corrected chi connectivity index (χ2v) is 5.81. The van der Waals surface area contributed by atoms with E-state index in [1.54, 1.807) is 0 Å². The van der Waals surface area contributed by atoms with Crippen LogP contribution >= 0.6 is 0 Å². The maximum Gasteiger partial charge on any atom is 0.247 e. The lowest BCUT2D eigenvalue weighted by atomic mass is 10.1. The van der Waals surface area contributed by atoms with Gasteiger partial charge in [0.05, 0.1) is 0 Å². The molecule has 128 valence electrons. The summed E-state index contributed by atoms with van der Waals surface area (Å²) in [5, 5.41) is 11.0. The molecular formula is C20H21N3O2. The molecule has 0 unspecified atom stereocenters. The molecule has 0 saturated heterocycles. The molecule has 3 aromatic rings. The van der Waals surface area contributed by atoms with Crippen molar-refractivity contribution in [3.63, 3.8) is 0 Å². The molecule has 0 spiro atoms. The van der Waals surface area contributed by atoms with Crippen LogP contribution in [0.3, 0.4) is 0 Å². The Morgan fingerprint density at radius 3 is 2.40 bits per heavy atom. The Labute approximate surface area is 147 Å². The van der Waals surface area contributed by atoms with Crippen molar-refractivity contribution in [3.05, 3.63) is 72.1 Å². The summed E-state index contributed by atoms with van der Waals surface area (Å²) >= 11 is 0. The fraction of sp³-hybridized carbons (Fsp3) is 0.250. The van der Waals surface area contributed by atoms with E-state index in [1.165, 1.54) is 5.56 Å². The van der Waals surface area contributed by atoms with E-state index in [2.05, 4.69) is 27.6 Å². The van der Waals surface area contributed by atoms with Crippen molar-refractivity contribution in [2.45, 2.75) is 25.7 Å². The zero-order valence-electron chi connectivity index (χ0n) is 14.0. The van der Waals surface area contributed by atoms with Crippen LogP contribution in [-0.2, 0) is 17.6 Å². The van der Waals surface area contributed by atoms with Crippen molar-refractivity contribution < 1.29 is 9.21 Å². The van der Waals surface area contributed by atoms with E-state index in [-0.39, 0.29) is 5.91 Å². The van der Waals surface area contributed by atoms with Gasteiger partial charge in [-0.1, -0.05) is 48.5 Å². The number of aromatic nitrogens is 2. The molecule has 1 heterocycles. The molecule has 25 heavy (non-hydrogen) atoms. The molecule has 0 aliphatic carbocycles. The number of nitrogens with zero attached hydrogens (tertiary/aromatic N) is 2. The van der Waals surface area contributed by atoms with Crippen LogP contribution in [-0.4, -0.2) is 22.6 Å². The van der Waals surface area contributed by atoms with Crippen molar-refractivity contribution in [2.75, 3.05) is 6.54 Å². The summed E-state index contributed by atoms with van der Waals surface area (Å²) in [7, 11) is 0. The van der Waals surface area contributed by atoms with E-state index in [9.17, 15) is 4.79 Å². The average Bonchev–Trinajstić information content (AvgIpc) is 3.12. The van der Waals surface area contributed by atoms with Gasteiger partial charge in [0.15, 0.2) is 0 Å². The number of benzene rings is 2. The standard InChI is InChI=1S/C20H21N3O2/c24-18(21-15-14-16-8-3-1-4-9-16)12-7-13-19-22-23-20(25-19)17-10-5-2-6-11-17/h1-6,8-11H,7,12-15H2,(H,21,24). The van der Waals surface area contributed by atoms with Crippen LogP contribution in [0.5, 0.6) is 0 Å². The van der Waals surface area contributed by atoms with E-state index >= 15 is 0 Å². The van der Waals surface area contributed by atoms with Gasteiger partial charge in [-0.3, -0.25) is 4.79 Å². The van der Waals surface area contributed by atoms with Crippen LogP contribution in [0, 0.1) is 0 Å². The van der Waals surface area contributed by atoms with Crippen molar-refractivity contribution in [3.8, 4) is 11.5 Å². The molecule has 0 radical (unpaired) electrons. The summed E-state index contributed by atoms with van der Waals surface area (Å²) < 4.78 is 5.64. The number of rotatable bonds is 8. The largest absolute Gasteiger partial charge is 0.421 e. The molecule has 2 aromatic carbocycles. The second-order valence-electron chi connectivity index (χ2n) is 5.81. The number of hydrogen-bond donors (Lipinski definition) is 1. The normalized spacial score (nSPS) is 10.6. The van der Waals surface area contributed by atoms with Gasteiger partial charge in [0.1, 0.15) is 0 Å². The zero-order valence-corrected chi connectivity index (χ0v) is 14.0.